The first kappa shape index (κ1) is 18.0. The summed E-state index contributed by atoms with van der Waals surface area (Å²) in [4.78, 5) is 20.6. The first-order valence-corrected chi connectivity index (χ1v) is 10.4. The van der Waals surface area contributed by atoms with Crippen molar-refractivity contribution in [3.63, 3.8) is 0 Å². The average Bonchev–Trinajstić information content (AvgIpc) is 3.43. The van der Waals surface area contributed by atoms with Crippen LogP contribution in [-0.2, 0) is 6.42 Å². The normalized spacial score (nSPS) is 15.9. The van der Waals surface area contributed by atoms with Crippen molar-refractivity contribution in [2.45, 2.75) is 25.3 Å². The molecule has 3 aromatic heterocycles. The predicted octanol–water partition coefficient (Wildman–Crippen LogP) is 3.07. The molecule has 1 fully saturated rings. The van der Waals surface area contributed by atoms with Gasteiger partial charge in [-0.3, -0.25) is 4.90 Å². The van der Waals surface area contributed by atoms with Gasteiger partial charge < -0.3 is 15.0 Å². The molecule has 7 heteroatoms. The molecule has 4 rings (SSSR count). The second kappa shape index (κ2) is 8.54. The highest BCUT2D eigenvalue weighted by Gasteiger charge is 2.24. The van der Waals surface area contributed by atoms with Gasteiger partial charge in [0.2, 0.25) is 0 Å². The smallest absolute Gasteiger partial charge is 0.314 e. The molecule has 4 heterocycles. The Bertz CT molecular complexity index is 837. The molecular weight excluding hydrogens is 358 g/mol. The number of amides is 2. The number of thiophene rings is 1. The van der Waals surface area contributed by atoms with E-state index in [2.05, 4.69) is 38.0 Å². The number of aromatic nitrogens is 2. The van der Waals surface area contributed by atoms with Crippen molar-refractivity contribution in [1.29, 1.82) is 0 Å². The van der Waals surface area contributed by atoms with Crippen LogP contribution in [0.25, 0.3) is 5.65 Å². The molecule has 3 aromatic rings. The molecule has 1 aliphatic rings. The van der Waals surface area contributed by atoms with Gasteiger partial charge in [-0.05, 0) is 49.5 Å². The highest BCUT2D eigenvalue weighted by Crippen LogP contribution is 2.27. The third kappa shape index (κ3) is 4.48. The Balaban J connectivity index is 1.25. The third-order valence-electron chi connectivity index (χ3n) is 4.99. The molecule has 1 saturated heterocycles. The fraction of sp³-hybridized carbons (Fsp3) is 0.400. The van der Waals surface area contributed by atoms with Crippen LogP contribution >= 0.6 is 11.3 Å². The lowest BCUT2D eigenvalue weighted by Gasteiger charge is -2.26. The summed E-state index contributed by atoms with van der Waals surface area (Å²) in [5.74, 6) is 0. The largest absolute Gasteiger partial charge is 0.338 e. The van der Waals surface area contributed by atoms with Gasteiger partial charge in [0.25, 0.3) is 0 Å². The van der Waals surface area contributed by atoms with Crippen molar-refractivity contribution < 1.29 is 4.79 Å². The number of fused-ring (bicyclic) bond motifs is 1. The standard InChI is InChI=1S/C20H25N5OS/c26-20(21-9-8-16-15-25-12-2-1-7-19(25)23-16)22-14-17(18-6-5-13-27-18)24-10-3-4-11-24/h1-2,5-7,12-13,15,17H,3-4,8-11,14H2,(H2,21,22,26). The van der Waals surface area contributed by atoms with Gasteiger partial charge in [0.1, 0.15) is 5.65 Å². The van der Waals surface area contributed by atoms with Crippen molar-refractivity contribution in [2.75, 3.05) is 26.2 Å². The van der Waals surface area contributed by atoms with Crippen LogP contribution in [0.15, 0.2) is 48.1 Å². The molecule has 27 heavy (non-hydrogen) atoms. The quantitative estimate of drug-likeness (QED) is 0.659. The van der Waals surface area contributed by atoms with Crippen molar-refractivity contribution >= 4 is 23.0 Å². The van der Waals surface area contributed by atoms with E-state index in [0.717, 1.165) is 30.9 Å². The average molecular weight is 384 g/mol. The monoisotopic (exact) mass is 383 g/mol. The maximum atomic E-state index is 12.2. The molecule has 6 nitrogen and oxygen atoms in total. The van der Waals surface area contributed by atoms with Crippen LogP contribution in [0, 0.1) is 0 Å². The van der Waals surface area contributed by atoms with Crippen molar-refractivity contribution in [1.82, 2.24) is 24.9 Å². The molecule has 0 aliphatic carbocycles. The van der Waals surface area contributed by atoms with Crippen LogP contribution in [0.3, 0.4) is 0 Å². The van der Waals surface area contributed by atoms with Gasteiger partial charge in [-0.1, -0.05) is 12.1 Å². The maximum Gasteiger partial charge on any atom is 0.314 e. The lowest BCUT2D eigenvalue weighted by Crippen LogP contribution is -2.42. The molecule has 142 valence electrons. The van der Waals surface area contributed by atoms with Gasteiger partial charge in [-0.2, -0.15) is 0 Å². The number of pyridine rings is 1. The van der Waals surface area contributed by atoms with Crippen LogP contribution in [0.2, 0.25) is 0 Å². The minimum Gasteiger partial charge on any atom is -0.338 e. The van der Waals surface area contributed by atoms with E-state index in [9.17, 15) is 4.79 Å². The SMILES string of the molecule is O=C(NCCc1cn2ccccc2n1)NCC(c1cccs1)N1CCCC1. The van der Waals surface area contributed by atoms with E-state index in [1.807, 2.05) is 35.0 Å². The van der Waals surface area contributed by atoms with E-state index in [1.54, 1.807) is 11.3 Å². The molecule has 0 radical (unpaired) electrons. The van der Waals surface area contributed by atoms with Crippen LogP contribution < -0.4 is 10.6 Å². The number of carbonyl (C=O) groups excluding carboxylic acids is 1. The second-order valence-electron chi connectivity index (χ2n) is 6.86. The van der Waals surface area contributed by atoms with Crippen LogP contribution in [-0.4, -0.2) is 46.5 Å². The van der Waals surface area contributed by atoms with E-state index in [1.165, 1.54) is 17.7 Å². The Morgan fingerprint density at radius 2 is 2.07 bits per heavy atom. The number of urea groups is 1. The van der Waals surface area contributed by atoms with Crippen molar-refractivity contribution in [3.8, 4) is 0 Å². The molecule has 2 amide bonds. The maximum absolute atomic E-state index is 12.2. The molecule has 0 bridgehead atoms. The number of hydrogen-bond acceptors (Lipinski definition) is 4. The van der Waals surface area contributed by atoms with Crippen molar-refractivity contribution in [2.24, 2.45) is 0 Å². The lowest BCUT2D eigenvalue weighted by molar-refractivity contribution is 0.222. The number of hydrogen-bond donors (Lipinski definition) is 2. The number of nitrogens with one attached hydrogen (secondary N) is 2. The van der Waals surface area contributed by atoms with E-state index in [-0.39, 0.29) is 12.1 Å². The Kier molecular flexibility index (Phi) is 5.69. The fourth-order valence-electron chi connectivity index (χ4n) is 3.61. The zero-order chi connectivity index (χ0) is 18.5. The van der Waals surface area contributed by atoms with Gasteiger partial charge in [0.15, 0.2) is 0 Å². The Morgan fingerprint density at radius 3 is 2.85 bits per heavy atom. The summed E-state index contributed by atoms with van der Waals surface area (Å²) >= 11 is 1.76. The number of carbonyl (C=O) groups is 1. The lowest BCUT2D eigenvalue weighted by atomic mass is 10.2. The van der Waals surface area contributed by atoms with Gasteiger partial charge >= 0.3 is 6.03 Å². The summed E-state index contributed by atoms with van der Waals surface area (Å²) in [7, 11) is 0. The second-order valence-corrected chi connectivity index (χ2v) is 7.84. The van der Waals surface area contributed by atoms with Gasteiger partial charge in [0.05, 0.1) is 11.7 Å². The highest BCUT2D eigenvalue weighted by molar-refractivity contribution is 7.10. The molecular formula is C20H25N5OS. The van der Waals surface area contributed by atoms with E-state index >= 15 is 0 Å². The Hall–Kier alpha value is -2.38. The first-order chi connectivity index (χ1) is 13.3. The number of rotatable bonds is 7. The first-order valence-electron chi connectivity index (χ1n) is 9.51. The Labute approximate surface area is 163 Å². The summed E-state index contributed by atoms with van der Waals surface area (Å²) in [5.41, 5.74) is 1.91. The summed E-state index contributed by atoms with van der Waals surface area (Å²) in [6.45, 7) is 3.43. The van der Waals surface area contributed by atoms with E-state index in [4.69, 9.17) is 0 Å². The van der Waals surface area contributed by atoms with E-state index < -0.39 is 0 Å². The van der Waals surface area contributed by atoms with Gasteiger partial charge in [0, 0.05) is 36.8 Å². The Morgan fingerprint density at radius 1 is 1.19 bits per heavy atom. The third-order valence-corrected chi connectivity index (χ3v) is 5.96. The predicted molar refractivity (Wildman–Crippen MR) is 108 cm³/mol. The van der Waals surface area contributed by atoms with Gasteiger partial charge in [-0.15, -0.1) is 11.3 Å². The summed E-state index contributed by atoms with van der Waals surface area (Å²) in [5, 5.41) is 8.11. The summed E-state index contributed by atoms with van der Waals surface area (Å²) in [6.07, 6.45) is 7.19. The number of likely N-dealkylation sites (tertiary alicyclic amines) is 1. The van der Waals surface area contributed by atoms with Crippen LogP contribution in [0.4, 0.5) is 4.79 Å². The summed E-state index contributed by atoms with van der Waals surface area (Å²) in [6, 6.07) is 10.3. The molecule has 0 saturated carbocycles. The zero-order valence-electron chi connectivity index (χ0n) is 15.3. The molecule has 1 aliphatic heterocycles. The molecule has 2 N–H and O–H groups in total. The molecule has 0 aromatic carbocycles. The fourth-order valence-corrected chi connectivity index (χ4v) is 4.47. The molecule has 0 spiro atoms. The minimum absolute atomic E-state index is 0.112. The van der Waals surface area contributed by atoms with Gasteiger partial charge in [-0.25, -0.2) is 9.78 Å². The number of imidazole rings is 1. The van der Waals surface area contributed by atoms with E-state index in [0.29, 0.717) is 13.1 Å². The highest BCUT2D eigenvalue weighted by atomic mass is 32.1. The number of nitrogens with zero attached hydrogens (tertiary/aromatic N) is 3. The summed E-state index contributed by atoms with van der Waals surface area (Å²) < 4.78 is 2.00. The van der Waals surface area contributed by atoms with Crippen molar-refractivity contribution in [3.05, 3.63) is 58.7 Å². The van der Waals surface area contributed by atoms with Crippen LogP contribution in [0.5, 0.6) is 0 Å². The molecule has 1 unspecified atom stereocenters. The topological polar surface area (TPSA) is 61.7 Å². The molecule has 1 atom stereocenters. The minimum atomic E-state index is -0.112. The zero-order valence-corrected chi connectivity index (χ0v) is 16.1. The van der Waals surface area contributed by atoms with Crippen LogP contribution in [0.1, 0.15) is 29.5 Å².